The van der Waals surface area contributed by atoms with Crippen LogP contribution in [-0.4, -0.2) is 43.0 Å². The minimum atomic E-state index is -0.788. The fourth-order valence-electron chi connectivity index (χ4n) is 3.55. The molecule has 156 valence electrons. The first-order valence-electron chi connectivity index (χ1n) is 10.2. The molecule has 3 rings (SSSR count). The van der Waals surface area contributed by atoms with Gasteiger partial charge in [-0.2, -0.15) is 0 Å². The molecule has 0 bridgehead atoms. The number of aromatic nitrogens is 1. The third kappa shape index (κ3) is 4.86. The lowest BCUT2D eigenvalue weighted by atomic mass is 9.71. The average Bonchev–Trinajstić information content (AvgIpc) is 2.77. The highest BCUT2D eigenvalue weighted by Gasteiger charge is 2.40. The lowest BCUT2D eigenvalue weighted by molar-refractivity contribution is -0.120. The summed E-state index contributed by atoms with van der Waals surface area (Å²) in [6, 6.07) is 23.5. The molecule has 30 heavy (non-hydrogen) atoms. The predicted molar refractivity (Wildman–Crippen MR) is 121 cm³/mol. The van der Waals surface area contributed by atoms with Crippen molar-refractivity contribution in [2.45, 2.75) is 18.8 Å². The summed E-state index contributed by atoms with van der Waals surface area (Å²) >= 11 is 0. The zero-order chi connectivity index (χ0) is 21.4. The second-order valence-corrected chi connectivity index (χ2v) is 7.48. The van der Waals surface area contributed by atoms with Gasteiger partial charge in [0.2, 0.25) is 11.8 Å². The van der Waals surface area contributed by atoms with Gasteiger partial charge in [0.05, 0.1) is 17.3 Å². The zero-order valence-corrected chi connectivity index (χ0v) is 17.8. The number of rotatable bonds is 9. The second kappa shape index (κ2) is 10.0. The van der Waals surface area contributed by atoms with Crippen LogP contribution in [0, 0.1) is 0 Å². The first-order chi connectivity index (χ1) is 14.6. The number of pyridine rings is 1. The van der Waals surface area contributed by atoms with Crippen molar-refractivity contribution in [1.29, 1.82) is 0 Å². The van der Waals surface area contributed by atoms with E-state index in [-0.39, 0.29) is 5.91 Å². The molecule has 5 nitrogen and oxygen atoms in total. The summed E-state index contributed by atoms with van der Waals surface area (Å²) in [7, 11) is 3.99. The number of anilines is 1. The highest BCUT2D eigenvalue weighted by molar-refractivity contribution is 6.01. The number of nitrogens with zero attached hydrogens (tertiary/aromatic N) is 2. The van der Waals surface area contributed by atoms with Crippen LogP contribution in [-0.2, 0) is 10.2 Å². The van der Waals surface area contributed by atoms with E-state index in [9.17, 15) is 4.79 Å². The molecule has 0 fully saturated rings. The van der Waals surface area contributed by atoms with Gasteiger partial charge in [-0.1, -0.05) is 67.6 Å². The number of hydrogen-bond donors (Lipinski definition) is 1. The van der Waals surface area contributed by atoms with Crippen LogP contribution in [0.25, 0.3) is 0 Å². The zero-order valence-electron chi connectivity index (χ0n) is 17.8. The van der Waals surface area contributed by atoms with Gasteiger partial charge in [-0.15, -0.1) is 0 Å². The minimum absolute atomic E-state index is 0.0783. The van der Waals surface area contributed by atoms with Gasteiger partial charge in [0.25, 0.3) is 0 Å². The van der Waals surface area contributed by atoms with E-state index in [0.29, 0.717) is 24.6 Å². The quantitative estimate of drug-likeness (QED) is 0.577. The summed E-state index contributed by atoms with van der Waals surface area (Å²) in [5, 5.41) is 3.07. The van der Waals surface area contributed by atoms with Crippen LogP contribution in [0.3, 0.4) is 0 Å². The van der Waals surface area contributed by atoms with E-state index in [1.54, 1.807) is 12.3 Å². The van der Waals surface area contributed by atoms with Gasteiger partial charge in [0.15, 0.2) is 0 Å². The van der Waals surface area contributed by atoms with Crippen molar-refractivity contribution in [2.24, 2.45) is 0 Å². The molecule has 0 saturated carbocycles. The predicted octanol–water partition coefficient (Wildman–Crippen LogP) is 4.36. The third-order valence-corrected chi connectivity index (χ3v) is 5.23. The van der Waals surface area contributed by atoms with Gasteiger partial charge in [-0.25, -0.2) is 4.98 Å². The molecule has 2 aromatic carbocycles. The summed E-state index contributed by atoms with van der Waals surface area (Å²) in [6.07, 6.45) is 2.27. The SMILES string of the molecule is CCC(C(=O)Nc1ccc(OCCN(C)C)nc1)(c1ccccc1)c1ccccc1. The molecule has 0 unspecified atom stereocenters. The van der Waals surface area contributed by atoms with Crippen molar-refractivity contribution in [3.8, 4) is 5.88 Å². The molecule has 0 spiro atoms. The Bertz CT molecular complexity index is 886. The number of ether oxygens (including phenoxy) is 1. The number of carbonyl (C=O) groups is 1. The van der Waals surface area contributed by atoms with Crippen molar-refractivity contribution in [1.82, 2.24) is 9.88 Å². The van der Waals surface area contributed by atoms with Gasteiger partial charge in [-0.05, 0) is 37.7 Å². The van der Waals surface area contributed by atoms with E-state index in [4.69, 9.17) is 4.74 Å². The standard InChI is InChI=1S/C25H29N3O2/c1-4-25(20-11-7-5-8-12-20,21-13-9-6-10-14-21)24(29)27-22-15-16-23(26-19-22)30-18-17-28(2)3/h5-16,19H,4,17-18H2,1-3H3,(H,27,29). The Labute approximate surface area is 178 Å². The number of benzene rings is 2. The number of amides is 1. The van der Waals surface area contributed by atoms with Crippen LogP contribution in [0.4, 0.5) is 5.69 Å². The lowest BCUT2D eigenvalue weighted by Gasteiger charge is -2.32. The van der Waals surface area contributed by atoms with E-state index in [1.165, 1.54) is 0 Å². The van der Waals surface area contributed by atoms with Crippen molar-refractivity contribution < 1.29 is 9.53 Å². The average molecular weight is 404 g/mol. The van der Waals surface area contributed by atoms with Crippen LogP contribution in [0.15, 0.2) is 79.0 Å². The third-order valence-electron chi connectivity index (χ3n) is 5.23. The molecule has 3 aromatic rings. The summed E-state index contributed by atoms with van der Waals surface area (Å²) in [5.74, 6) is 0.466. The Kier molecular flexibility index (Phi) is 7.20. The smallest absolute Gasteiger partial charge is 0.239 e. The minimum Gasteiger partial charge on any atom is -0.476 e. The van der Waals surface area contributed by atoms with Gasteiger partial charge < -0.3 is 15.0 Å². The highest BCUT2D eigenvalue weighted by atomic mass is 16.5. The van der Waals surface area contributed by atoms with Crippen molar-refractivity contribution >= 4 is 11.6 Å². The maximum atomic E-state index is 13.6. The van der Waals surface area contributed by atoms with Crippen LogP contribution in [0.1, 0.15) is 24.5 Å². The number of nitrogens with one attached hydrogen (secondary N) is 1. The molecule has 1 heterocycles. The Morgan fingerprint density at radius 3 is 2.03 bits per heavy atom. The molecule has 0 atom stereocenters. The van der Waals surface area contributed by atoms with Crippen molar-refractivity contribution in [3.05, 3.63) is 90.1 Å². The Balaban J connectivity index is 1.84. The monoisotopic (exact) mass is 403 g/mol. The Hall–Kier alpha value is -3.18. The molecule has 0 aliphatic heterocycles. The fraction of sp³-hybridized carbons (Fsp3) is 0.280. The molecule has 1 aromatic heterocycles. The fourth-order valence-corrected chi connectivity index (χ4v) is 3.55. The molecule has 1 amide bonds. The van der Waals surface area contributed by atoms with Gasteiger partial charge >= 0.3 is 0 Å². The molecule has 1 N–H and O–H groups in total. The number of carbonyl (C=O) groups excluding carboxylic acids is 1. The Morgan fingerprint density at radius 2 is 1.57 bits per heavy atom. The number of hydrogen-bond acceptors (Lipinski definition) is 4. The number of likely N-dealkylation sites (N-methyl/N-ethyl adjacent to an activating group) is 1. The van der Waals surface area contributed by atoms with Crippen molar-refractivity contribution in [2.75, 3.05) is 32.6 Å². The van der Waals surface area contributed by atoms with E-state index >= 15 is 0 Å². The molecule has 0 saturated heterocycles. The van der Waals surface area contributed by atoms with Gasteiger partial charge in [-0.3, -0.25) is 4.79 Å². The molecule has 0 aliphatic rings. The van der Waals surface area contributed by atoms with E-state index in [2.05, 4.69) is 10.3 Å². The highest BCUT2D eigenvalue weighted by Crippen LogP contribution is 2.37. The van der Waals surface area contributed by atoms with Crippen LogP contribution in [0.5, 0.6) is 5.88 Å². The van der Waals surface area contributed by atoms with E-state index in [0.717, 1.165) is 17.7 Å². The van der Waals surface area contributed by atoms with E-state index < -0.39 is 5.41 Å². The maximum absolute atomic E-state index is 13.6. The second-order valence-electron chi connectivity index (χ2n) is 7.48. The molecular formula is C25H29N3O2. The summed E-state index contributed by atoms with van der Waals surface area (Å²) in [6.45, 7) is 3.42. The van der Waals surface area contributed by atoms with Gasteiger partial charge in [0.1, 0.15) is 6.61 Å². The van der Waals surface area contributed by atoms with Crippen LogP contribution in [0.2, 0.25) is 0 Å². The maximum Gasteiger partial charge on any atom is 0.239 e. The lowest BCUT2D eigenvalue weighted by Crippen LogP contribution is -2.41. The first-order valence-corrected chi connectivity index (χ1v) is 10.2. The molecule has 0 radical (unpaired) electrons. The topological polar surface area (TPSA) is 54.5 Å². The molecule has 0 aliphatic carbocycles. The van der Waals surface area contributed by atoms with Gasteiger partial charge in [0, 0.05) is 12.6 Å². The summed E-state index contributed by atoms with van der Waals surface area (Å²) in [4.78, 5) is 20.0. The molecule has 5 heteroatoms. The normalized spacial score (nSPS) is 11.3. The van der Waals surface area contributed by atoms with Crippen molar-refractivity contribution in [3.63, 3.8) is 0 Å². The van der Waals surface area contributed by atoms with Crippen LogP contribution >= 0.6 is 0 Å². The summed E-state index contributed by atoms with van der Waals surface area (Å²) in [5.41, 5.74) is 1.79. The first kappa shape index (κ1) is 21.5. The largest absolute Gasteiger partial charge is 0.476 e. The van der Waals surface area contributed by atoms with E-state index in [1.807, 2.05) is 92.6 Å². The summed E-state index contributed by atoms with van der Waals surface area (Å²) < 4.78 is 5.64. The Morgan fingerprint density at radius 1 is 0.967 bits per heavy atom. The van der Waals surface area contributed by atoms with Crippen LogP contribution < -0.4 is 10.1 Å². The molecular weight excluding hydrogens is 374 g/mol.